The minimum atomic E-state index is -0.804. The number of primary amides is 1. The van der Waals surface area contributed by atoms with Crippen LogP contribution in [0.15, 0.2) is 30.6 Å². The number of pyridine rings is 1. The van der Waals surface area contributed by atoms with Gasteiger partial charge in [0, 0.05) is 30.2 Å². The number of fused-ring (bicyclic) bond motifs is 2. The van der Waals surface area contributed by atoms with Gasteiger partial charge in [-0.05, 0) is 23.8 Å². The number of morpholine rings is 1. The Labute approximate surface area is 171 Å². The molecule has 30 heavy (non-hydrogen) atoms. The number of nitrogens with two attached hydrogens (primary N) is 1. The lowest BCUT2D eigenvalue weighted by Crippen LogP contribution is -2.50. The van der Waals surface area contributed by atoms with Gasteiger partial charge in [-0.2, -0.15) is 5.10 Å². The van der Waals surface area contributed by atoms with Crippen LogP contribution in [-0.2, 0) is 9.53 Å². The number of aromatic nitrogens is 3. The van der Waals surface area contributed by atoms with Crippen LogP contribution in [0.2, 0.25) is 0 Å². The first-order valence-corrected chi connectivity index (χ1v) is 9.64. The van der Waals surface area contributed by atoms with E-state index in [0.29, 0.717) is 36.5 Å². The number of hydrogen-bond donors (Lipinski definition) is 3. The van der Waals surface area contributed by atoms with Crippen LogP contribution in [-0.4, -0.2) is 70.8 Å². The zero-order valence-corrected chi connectivity index (χ0v) is 16.1. The fourth-order valence-corrected chi connectivity index (χ4v) is 3.76. The highest BCUT2D eigenvalue weighted by atomic mass is 16.5. The van der Waals surface area contributed by atoms with E-state index in [9.17, 15) is 9.59 Å². The molecule has 10 heteroatoms. The van der Waals surface area contributed by atoms with Gasteiger partial charge < -0.3 is 25.4 Å². The minimum absolute atomic E-state index is 0.124. The Balaban J connectivity index is 1.54. The van der Waals surface area contributed by atoms with E-state index in [1.807, 2.05) is 18.2 Å². The number of carbonyl (C=O) groups is 2. The first kappa shape index (κ1) is 18.4. The van der Waals surface area contributed by atoms with Gasteiger partial charge in [-0.25, -0.2) is 4.98 Å². The summed E-state index contributed by atoms with van der Waals surface area (Å²) in [6.07, 6.45) is 2.54. The van der Waals surface area contributed by atoms with Crippen molar-refractivity contribution in [2.45, 2.75) is 6.10 Å². The average Bonchev–Trinajstić information content (AvgIpc) is 3.26. The first-order chi connectivity index (χ1) is 14.6. The number of aromatic amines is 1. The van der Waals surface area contributed by atoms with Crippen molar-refractivity contribution >= 4 is 28.4 Å². The third-order valence-corrected chi connectivity index (χ3v) is 5.30. The summed E-state index contributed by atoms with van der Waals surface area (Å²) in [6, 6.07) is 5.70. The molecule has 10 nitrogen and oxygen atoms in total. The van der Waals surface area contributed by atoms with Crippen molar-refractivity contribution < 1.29 is 19.1 Å². The van der Waals surface area contributed by atoms with Gasteiger partial charge in [0.15, 0.2) is 6.10 Å². The number of amides is 2. The van der Waals surface area contributed by atoms with Crippen LogP contribution >= 0.6 is 0 Å². The molecule has 0 radical (unpaired) electrons. The monoisotopic (exact) mass is 408 g/mol. The molecule has 1 unspecified atom stereocenters. The molecule has 4 N–H and O–H groups in total. The first-order valence-electron chi connectivity index (χ1n) is 9.64. The molecule has 0 aliphatic carbocycles. The maximum atomic E-state index is 13.3. The summed E-state index contributed by atoms with van der Waals surface area (Å²) in [5.41, 5.74) is 9.05. The molecule has 154 valence electrons. The standard InChI is InChI=1S/C20H20N6O4/c21-18(27)17-10-26(2-4-29-17)20(28)13-5-11(6-15-14(13)9-24-25-15)12-7-16-19(23-8-12)30-3-1-22-16/h5-9,17,22H,1-4,10H2,(H2,21,27)(H,24,25). The normalized spacial score (nSPS) is 18.4. The van der Waals surface area contributed by atoms with Crippen molar-refractivity contribution in [3.8, 4) is 17.0 Å². The average molecular weight is 408 g/mol. The van der Waals surface area contributed by atoms with E-state index in [4.69, 9.17) is 15.2 Å². The number of ether oxygens (including phenoxy) is 2. The second-order valence-electron chi connectivity index (χ2n) is 7.22. The van der Waals surface area contributed by atoms with Crippen LogP contribution in [0, 0.1) is 0 Å². The second-order valence-corrected chi connectivity index (χ2v) is 7.22. The Morgan fingerprint density at radius 2 is 2.07 bits per heavy atom. The minimum Gasteiger partial charge on any atom is -0.474 e. The maximum absolute atomic E-state index is 13.3. The Hall–Kier alpha value is -3.66. The molecule has 2 aliphatic rings. The van der Waals surface area contributed by atoms with Gasteiger partial charge in [0.05, 0.1) is 36.1 Å². The maximum Gasteiger partial charge on any atom is 0.254 e. The summed E-state index contributed by atoms with van der Waals surface area (Å²) in [6.45, 7) is 2.05. The van der Waals surface area contributed by atoms with Crippen LogP contribution < -0.4 is 15.8 Å². The third-order valence-electron chi connectivity index (χ3n) is 5.30. The Morgan fingerprint density at radius 1 is 1.17 bits per heavy atom. The fourth-order valence-electron chi connectivity index (χ4n) is 3.76. The molecular weight excluding hydrogens is 388 g/mol. The van der Waals surface area contributed by atoms with Crippen LogP contribution in [0.25, 0.3) is 22.0 Å². The molecule has 0 spiro atoms. The van der Waals surface area contributed by atoms with E-state index in [2.05, 4.69) is 20.5 Å². The summed E-state index contributed by atoms with van der Waals surface area (Å²) in [5, 5.41) is 11.0. The van der Waals surface area contributed by atoms with Gasteiger partial charge in [-0.1, -0.05) is 0 Å². The van der Waals surface area contributed by atoms with Crippen LogP contribution in [0.5, 0.6) is 5.88 Å². The number of carbonyl (C=O) groups excluding carboxylic acids is 2. The number of benzene rings is 1. The number of anilines is 1. The van der Waals surface area contributed by atoms with E-state index < -0.39 is 12.0 Å². The molecule has 2 aliphatic heterocycles. The van der Waals surface area contributed by atoms with E-state index >= 15 is 0 Å². The molecule has 1 atom stereocenters. The molecular formula is C20H20N6O4. The zero-order chi connectivity index (χ0) is 20.7. The van der Waals surface area contributed by atoms with Crippen LogP contribution in [0.3, 0.4) is 0 Å². The smallest absolute Gasteiger partial charge is 0.254 e. The van der Waals surface area contributed by atoms with Crippen LogP contribution in [0.4, 0.5) is 5.69 Å². The summed E-state index contributed by atoms with van der Waals surface area (Å²) >= 11 is 0. The van der Waals surface area contributed by atoms with Crippen molar-refractivity contribution in [3.05, 3.63) is 36.2 Å². The number of hydrogen-bond acceptors (Lipinski definition) is 7. The van der Waals surface area contributed by atoms with Gasteiger partial charge in [0.1, 0.15) is 6.61 Å². The Morgan fingerprint density at radius 3 is 2.93 bits per heavy atom. The molecule has 0 bridgehead atoms. The molecule has 2 amide bonds. The lowest BCUT2D eigenvalue weighted by atomic mass is 10.00. The summed E-state index contributed by atoms with van der Waals surface area (Å²) in [4.78, 5) is 30.8. The molecule has 1 fully saturated rings. The number of nitrogens with one attached hydrogen (secondary N) is 2. The largest absolute Gasteiger partial charge is 0.474 e. The SMILES string of the molecule is NC(=O)C1CN(C(=O)c2cc(-c3cnc4c(c3)NCCO4)cc3[nH]ncc23)CCO1. The molecule has 1 aromatic carbocycles. The second kappa shape index (κ2) is 7.30. The van der Waals surface area contributed by atoms with Gasteiger partial charge >= 0.3 is 0 Å². The van der Waals surface area contributed by atoms with Gasteiger partial charge in [0.2, 0.25) is 11.8 Å². The molecule has 1 saturated heterocycles. The van der Waals surface area contributed by atoms with E-state index in [0.717, 1.165) is 22.3 Å². The van der Waals surface area contributed by atoms with E-state index in [1.54, 1.807) is 17.3 Å². The van der Waals surface area contributed by atoms with Crippen molar-refractivity contribution in [1.29, 1.82) is 0 Å². The highest BCUT2D eigenvalue weighted by Crippen LogP contribution is 2.32. The zero-order valence-electron chi connectivity index (χ0n) is 16.1. The molecule has 2 aromatic heterocycles. The summed E-state index contributed by atoms with van der Waals surface area (Å²) < 4.78 is 10.9. The third kappa shape index (κ3) is 3.20. The number of rotatable bonds is 3. The predicted octanol–water partition coefficient (Wildman–Crippen LogP) is 0.755. The van der Waals surface area contributed by atoms with Gasteiger partial charge in [-0.15, -0.1) is 0 Å². The lowest BCUT2D eigenvalue weighted by molar-refractivity contribution is -0.133. The molecule has 3 aromatic rings. The molecule has 4 heterocycles. The highest BCUT2D eigenvalue weighted by molar-refractivity contribution is 6.08. The quantitative estimate of drug-likeness (QED) is 0.582. The lowest BCUT2D eigenvalue weighted by Gasteiger charge is -2.31. The van der Waals surface area contributed by atoms with E-state index in [-0.39, 0.29) is 19.1 Å². The molecule has 0 saturated carbocycles. The Bertz CT molecular complexity index is 1140. The van der Waals surface area contributed by atoms with Gasteiger partial charge in [-0.3, -0.25) is 14.7 Å². The van der Waals surface area contributed by atoms with Crippen molar-refractivity contribution in [3.63, 3.8) is 0 Å². The van der Waals surface area contributed by atoms with Crippen molar-refractivity contribution in [2.24, 2.45) is 5.73 Å². The van der Waals surface area contributed by atoms with Crippen molar-refractivity contribution in [2.75, 3.05) is 38.2 Å². The predicted molar refractivity (Wildman–Crippen MR) is 108 cm³/mol. The topological polar surface area (TPSA) is 135 Å². The van der Waals surface area contributed by atoms with Crippen LogP contribution in [0.1, 0.15) is 10.4 Å². The molecule has 5 rings (SSSR count). The Kier molecular flexibility index (Phi) is 4.47. The fraction of sp³-hybridized carbons (Fsp3) is 0.300. The van der Waals surface area contributed by atoms with E-state index in [1.165, 1.54) is 0 Å². The number of H-pyrrole nitrogens is 1. The number of nitrogens with zero attached hydrogens (tertiary/aromatic N) is 3. The highest BCUT2D eigenvalue weighted by Gasteiger charge is 2.29. The summed E-state index contributed by atoms with van der Waals surface area (Å²) in [7, 11) is 0. The summed E-state index contributed by atoms with van der Waals surface area (Å²) in [5.74, 6) is -0.218. The van der Waals surface area contributed by atoms with Crippen molar-refractivity contribution in [1.82, 2.24) is 20.1 Å². The van der Waals surface area contributed by atoms with Gasteiger partial charge in [0.25, 0.3) is 5.91 Å².